The predicted octanol–water partition coefficient (Wildman–Crippen LogP) is 2.12. The summed E-state index contributed by atoms with van der Waals surface area (Å²) in [5, 5.41) is 6.45. The van der Waals surface area contributed by atoms with Crippen molar-refractivity contribution in [2.24, 2.45) is 0 Å². The van der Waals surface area contributed by atoms with Crippen molar-refractivity contribution in [1.29, 1.82) is 0 Å². The lowest BCUT2D eigenvalue weighted by molar-refractivity contribution is 0.885. The fourth-order valence-corrected chi connectivity index (χ4v) is 1.08. The zero-order valence-corrected chi connectivity index (χ0v) is 9.04. The molecule has 1 aromatic rings. The van der Waals surface area contributed by atoms with E-state index in [1.807, 2.05) is 6.07 Å². The number of hydrogen-bond acceptors (Lipinski definition) is 4. The Labute approximate surface area is 85.2 Å². The lowest BCUT2D eigenvalue weighted by atomic mass is 10.4. The van der Waals surface area contributed by atoms with E-state index >= 15 is 0 Å². The number of hydrogen-bond donors (Lipinski definition) is 2. The van der Waals surface area contributed by atoms with Gasteiger partial charge in [-0.05, 0) is 20.3 Å². The Hall–Kier alpha value is -1.32. The van der Waals surface area contributed by atoms with Crippen LogP contribution in [-0.2, 0) is 0 Å². The topological polar surface area (TPSA) is 49.8 Å². The minimum atomic E-state index is 0.393. The summed E-state index contributed by atoms with van der Waals surface area (Å²) in [7, 11) is 0. The molecule has 0 radical (unpaired) electrons. The summed E-state index contributed by atoms with van der Waals surface area (Å²) in [6.07, 6.45) is 2.67. The molecule has 0 aliphatic carbocycles. The highest BCUT2D eigenvalue weighted by molar-refractivity contribution is 5.46. The summed E-state index contributed by atoms with van der Waals surface area (Å²) < 4.78 is 0. The molecule has 0 aliphatic heterocycles. The molecular formula is C10H18N4. The monoisotopic (exact) mass is 194 g/mol. The van der Waals surface area contributed by atoms with Crippen LogP contribution in [0.25, 0.3) is 0 Å². The van der Waals surface area contributed by atoms with Gasteiger partial charge in [-0.1, -0.05) is 6.92 Å². The summed E-state index contributed by atoms with van der Waals surface area (Å²) in [4.78, 5) is 8.25. The van der Waals surface area contributed by atoms with E-state index in [4.69, 9.17) is 0 Å². The Kier molecular flexibility index (Phi) is 4.16. The van der Waals surface area contributed by atoms with Crippen LogP contribution in [0.15, 0.2) is 12.4 Å². The molecule has 0 amide bonds. The maximum atomic E-state index is 4.13. The number of anilines is 2. The number of nitrogens with one attached hydrogen (secondary N) is 2. The van der Waals surface area contributed by atoms with E-state index in [0.717, 1.165) is 24.6 Å². The molecule has 0 unspecified atom stereocenters. The van der Waals surface area contributed by atoms with Crippen LogP contribution >= 0.6 is 0 Å². The molecule has 0 bridgehead atoms. The van der Waals surface area contributed by atoms with Crippen LogP contribution in [0.5, 0.6) is 0 Å². The number of nitrogens with zero attached hydrogens (tertiary/aromatic N) is 2. The Morgan fingerprint density at radius 3 is 2.64 bits per heavy atom. The average Bonchev–Trinajstić information content (AvgIpc) is 2.14. The molecule has 1 aromatic heterocycles. The predicted molar refractivity (Wildman–Crippen MR) is 59.6 cm³/mol. The highest BCUT2D eigenvalue weighted by Gasteiger charge is 1.98. The molecule has 2 N–H and O–H groups in total. The molecule has 0 fully saturated rings. The van der Waals surface area contributed by atoms with Gasteiger partial charge in [0.2, 0.25) is 0 Å². The third kappa shape index (κ3) is 3.60. The van der Waals surface area contributed by atoms with Crippen LogP contribution in [0.3, 0.4) is 0 Å². The smallest absolute Gasteiger partial charge is 0.131 e. The van der Waals surface area contributed by atoms with E-state index in [9.17, 15) is 0 Å². The van der Waals surface area contributed by atoms with Gasteiger partial charge < -0.3 is 10.6 Å². The Bertz CT molecular complexity index is 273. The van der Waals surface area contributed by atoms with E-state index in [0.29, 0.717) is 6.04 Å². The van der Waals surface area contributed by atoms with E-state index in [-0.39, 0.29) is 0 Å². The quantitative estimate of drug-likeness (QED) is 0.753. The van der Waals surface area contributed by atoms with Gasteiger partial charge >= 0.3 is 0 Å². The second-order valence-corrected chi connectivity index (χ2v) is 3.51. The van der Waals surface area contributed by atoms with Gasteiger partial charge in [-0.3, -0.25) is 0 Å². The Balaban J connectivity index is 2.59. The maximum Gasteiger partial charge on any atom is 0.131 e. The summed E-state index contributed by atoms with van der Waals surface area (Å²) in [6, 6.07) is 2.32. The summed E-state index contributed by atoms with van der Waals surface area (Å²) in [6.45, 7) is 7.24. The molecule has 1 heterocycles. The van der Waals surface area contributed by atoms with Gasteiger partial charge in [0, 0.05) is 18.7 Å². The van der Waals surface area contributed by atoms with E-state index in [2.05, 4.69) is 41.4 Å². The molecule has 78 valence electrons. The van der Waals surface area contributed by atoms with E-state index in [1.54, 1.807) is 6.33 Å². The molecular weight excluding hydrogens is 176 g/mol. The molecule has 4 heteroatoms. The average molecular weight is 194 g/mol. The fourth-order valence-electron chi connectivity index (χ4n) is 1.08. The molecule has 1 rings (SSSR count). The molecule has 0 aliphatic rings. The second-order valence-electron chi connectivity index (χ2n) is 3.51. The SMILES string of the molecule is CCCNc1cc(NC(C)C)ncn1. The zero-order valence-electron chi connectivity index (χ0n) is 9.04. The van der Waals surface area contributed by atoms with Gasteiger partial charge in [0.05, 0.1) is 0 Å². The van der Waals surface area contributed by atoms with Gasteiger partial charge in [-0.15, -0.1) is 0 Å². The Morgan fingerprint density at radius 1 is 1.29 bits per heavy atom. The van der Waals surface area contributed by atoms with Crippen LogP contribution in [-0.4, -0.2) is 22.6 Å². The van der Waals surface area contributed by atoms with Gasteiger partial charge in [-0.25, -0.2) is 9.97 Å². The first-order valence-electron chi connectivity index (χ1n) is 5.04. The van der Waals surface area contributed by atoms with Crippen LogP contribution in [0.1, 0.15) is 27.2 Å². The molecule has 0 spiro atoms. The second kappa shape index (κ2) is 5.42. The Morgan fingerprint density at radius 2 is 2.00 bits per heavy atom. The molecule has 14 heavy (non-hydrogen) atoms. The third-order valence-electron chi connectivity index (χ3n) is 1.66. The van der Waals surface area contributed by atoms with Crippen LogP contribution in [0.2, 0.25) is 0 Å². The first kappa shape index (κ1) is 10.8. The highest BCUT2D eigenvalue weighted by atomic mass is 15.1. The van der Waals surface area contributed by atoms with Crippen LogP contribution in [0.4, 0.5) is 11.6 Å². The first-order chi connectivity index (χ1) is 6.72. The minimum absolute atomic E-state index is 0.393. The summed E-state index contributed by atoms with van der Waals surface area (Å²) in [5.74, 6) is 1.75. The van der Waals surface area contributed by atoms with Crippen molar-refractivity contribution >= 4 is 11.6 Å². The summed E-state index contributed by atoms with van der Waals surface area (Å²) in [5.41, 5.74) is 0. The lowest BCUT2D eigenvalue weighted by Gasteiger charge is -2.10. The molecule has 0 aromatic carbocycles. The van der Waals surface area contributed by atoms with Crippen molar-refractivity contribution in [3.05, 3.63) is 12.4 Å². The zero-order chi connectivity index (χ0) is 10.4. The van der Waals surface area contributed by atoms with E-state index in [1.165, 1.54) is 0 Å². The van der Waals surface area contributed by atoms with Gasteiger partial charge in [-0.2, -0.15) is 0 Å². The number of aromatic nitrogens is 2. The van der Waals surface area contributed by atoms with Crippen LogP contribution in [0, 0.1) is 0 Å². The van der Waals surface area contributed by atoms with Gasteiger partial charge in [0.1, 0.15) is 18.0 Å². The van der Waals surface area contributed by atoms with Crippen molar-refractivity contribution in [1.82, 2.24) is 9.97 Å². The van der Waals surface area contributed by atoms with Crippen molar-refractivity contribution < 1.29 is 0 Å². The van der Waals surface area contributed by atoms with Gasteiger partial charge in [0.25, 0.3) is 0 Å². The van der Waals surface area contributed by atoms with Gasteiger partial charge in [0.15, 0.2) is 0 Å². The highest BCUT2D eigenvalue weighted by Crippen LogP contribution is 2.09. The fraction of sp³-hybridized carbons (Fsp3) is 0.600. The number of rotatable bonds is 5. The normalized spacial score (nSPS) is 10.3. The van der Waals surface area contributed by atoms with Crippen molar-refractivity contribution in [3.63, 3.8) is 0 Å². The van der Waals surface area contributed by atoms with Crippen molar-refractivity contribution in [2.45, 2.75) is 33.2 Å². The lowest BCUT2D eigenvalue weighted by Crippen LogP contribution is -2.12. The molecule has 0 atom stereocenters. The minimum Gasteiger partial charge on any atom is -0.370 e. The van der Waals surface area contributed by atoms with Crippen molar-refractivity contribution in [2.75, 3.05) is 17.2 Å². The van der Waals surface area contributed by atoms with E-state index < -0.39 is 0 Å². The maximum absolute atomic E-state index is 4.13. The van der Waals surface area contributed by atoms with Crippen LogP contribution < -0.4 is 10.6 Å². The molecule has 4 nitrogen and oxygen atoms in total. The summed E-state index contributed by atoms with van der Waals surface area (Å²) >= 11 is 0. The molecule has 0 saturated heterocycles. The first-order valence-corrected chi connectivity index (χ1v) is 5.04. The third-order valence-corrected chi connectivity index (χ3v) is 1.66. The largest absolute Gasteiger partial charge is 0.370 e. The standard InChI is InChI=1S/C10H18N4/c1-4-5-11-9-6-10(13-7-12-9)14-8(2)3/h6-8H,4-5H2,1-3H3,(H2,11,12,13,14). The van der Waals surface area contributed by atoms with Crippen molar-refractivity contribution in [3.8, 4) is 0 Å². The molecule has 0 saturated carbocycles.